The van der Waals surface area contributed by atoms with Gasteiger partial charge in [0.1, 0.15) is 5.82 Å². The van der Waals surface area contributed by atoms with E-state index >= 15 is 0 Å². The molecule has 0 spiro atoms. The number of alkyl halides is 2. The molecule has 2 aliphatic heterocycles. The van der Waals surface area contributed by atoms with Crippen molar-refractivity contribution >= 4 is 17.4 Å². The molecule has 1 unspecified atom stereocenters. The highest BCUT2D eigenvalue weighted by Gasteiger charge is 2.42. The molecular weight excluding hydrogens is 278 g/mol. The Hall–Kier alpha value is -1.76. The smallest absolute Gasteiger partial charge is 0.262 e. The number of nitrogens with one attached hydrogen (secondary N) is 2. The number of anilines is 2. The topological polar surface area (TPSA) is 57.3 Å². The Morgan fingerprint density at radius 1 is 1.38 bits per heavy atom. The summed E-state index contributed by atoms with van der Waals surface area (Å²) in [4.78, 5) is 18.4. The van der Waals surface area contributed by atoms with Gasteiger partial charge in [0, 0.05) is 19.5 Å². The molecule has 1 amide bonds. The van der Waals surface area contributed by atoms with Gasteiger partial charge in [0.05, 0.1) is 24.5 Å². The summed E-state index contributed by atoms with van der Waals surface area (Å²) in [6.45, 7) is 1.55. The van der Waals surface area contributed by atoms with Gasteiger partial charge < -0.3 is 10.2 Å². The molecule has 2 fully saturated rings. The minimum atomic E-state index is -2.81. The largest absolute Gasteiger partial charge is 0.357 e. The Morgan fingerprint density at radius 3 is 2.71 bits per heavy atom. The van der Waals surface area contributed by atoms with Crippen LogP contribution in [-0.4, -0.2) is 42.5 Å². The lowest BCUT2D eigenvalue weighted by molar-refractivity contribution is -0.118. The van der Waals surface area contributed by atoms with Crippen LogP contribution >= 0.6 is 0 Å². The fourth-order valence-electron chi connectivity index (χ4n) is 2.72. The van der Waals surface area contributed by atoms with Crippen LogP contribution in [0.4, 0.5) is 20.3 Å². The van der Waals surface area contributed by atoms with Crippen molar-refractivity contribution in [1.29, 1.82) is 0 Å². The number of amides is 1. The van der Waals surface area contributed by atoms with E-state index in [4.69, 9.17) is 0 Å². The van der Waals surface area contributed by atoms with Gasteiger partial charge in [-0.2, -0.15) is 0 Å². The molecule has 1 aromatic heterocycles. The summed E-state index contributed by atoms with van der Waals surface area (Å²) in [5, 5.41) is 5.16. The van der Waals surface area contributed by atoms with Crippen molar-refractivity contribution in [3.63, 3.8) is 0 Å². The molecule has 5 nitrogen and oxygen atoms in total. The zero-order valence-corrected chi connectivity index (χ0v) is 11.6. The maximum atomic E-state index is 13.1. The molecule has 2 saturated heterocycles. The van der Waals surface area contributed by atoms with Crippen LogP contribution in [0.25, 0.3) is 0 Å². The predicted molar refractivity (Wildman–Crippen MR) is 75.7 cm³/mol. The second-order valence-electron chi connectivity index (χ2n) is 5.58. The number of nitrogens with zero attached hydrogens (tertiary/aromatic N) is 2. The van der Waals surface area contributed by atoms with E-state index in [1.165, 1.54) is 12.8 Å². The van der Waals surface area contributed by atoms with Crippen molar-refractivity contribution in [3.8, 4) is 0 Å². The molecule has 0 bridgehead atoms. The van der Waals surface area contributed by atoms with Crippen LogP contribution < -0.4 is 15.5 Å². The molecule has 0 saturated carbocycles. The van der Waals surface area contributed by atoms with E-state index in [0.29, 0.717) is 5.69 Å². The average Bonchev–Trinajstić information content (AvgIpc) is 3.09. The van der Waals surface area contributed by atoms with Crippen LogP contribution in [-0.2, 0) is 4.79 Å². The van der Waals surface area contributed by atoms with Crippen LogP contribution in [0, 0.1) is 0 Å². The van der Waals surface area contributed by atoms with Crippen LogP contribution in [0.1, 0.15) is 19.3 Å². The molecule has 114 valence electrons. The second-order valence-corrected chi connectivity index (χ2v) is 5.58. The lowest BCUT2D eigenvalue weighted by atomic mass is 10.2. The van der Waals surface area contributed by atoms with Crippen molar-refractivity contribution in [1.82, 2.24) is 10.3 Å². The second kappa shape index (κ2) is 5.55. The minimum Gasteiger partial charge on any atom is -0.357 e. The number of hydrogen-bond donors (Lipinski definition) is 2. The number of halogens is 2. The van der Waals surface area contributed by atoms with Crippen molar-refractivity contribution in [3.05, 3.63) is 18.3 Å². The van der Waals surface area contributed by atoms with E-state index in [-0.39, 0.29) is 0 Å². The summed E-state index contributed by atoms with van der Waals surface area (Å²) in [7, 11) is 0. The third-order valence-electron chi connectivity index (χ3n) is 3.87. The summed E-state index contributed by atoms with van der Waals surface area (Å²) in [6.07, 6.45) is 3.44. The van der Waals surface area contributed by atoms with E-state index in [1.54, 1.807) is 12.3 Å². The first-order valence-electron chi connectivity index (χ1n) is 7.17. The average molecular weight is 296 g/mol. The predicted octanol–water partition coefficient (Wildman–Crippen LogP) is 1.62. The van der Waals surface area contributed by atoms with Gasteiger partial charge in [-0.15, -0.1) is 0 Å². The first-order valence-corrected chi connectivity index (χ1v) is 7.17. The highest BCUT2D eigenvalue weighted by molar-refractivity contribution is 5.95. The van der Waals surface area contributed by atoms with Crippen LogP contribution in [0.5, 0.6) is 0 Å². The Kier molecular flexibility index (Phi) is 3.75. The van der Waals surface area contributed by atoms with Gasteiger partial charge in [-0.05, 0) is 25.0 Å². The molecule has 2 N–H and O–H groups in total. The van der Waals surface area contributed by atoms with Crippen LogP contribution in [0.3, 0.4) is 0 Å². The van der Waals surface area contributed by atoms with Gasteiger partial charge in [0.25, 0.3) is 5.92 Å². The summed E-state index contributed by atoms with van der Waals surface area (Å²) in [5.74, 6) is -2.36. The van der Waals surface area contributed by atoms with Gasteiger partial charge in [-0.3, -0.25) is 10.1 Å². The molecule has 0 radical (unpaired) electrons. The van der Waals surface area contributed by atoms with Gasteiger partial charge in [-0.25, -0.2) is 13.8 Å². The maximum Gasteiger partial charge on any atom is 0.262 e. The van der Waals surface area contributed by atoms with E-state index in [0.717, 1.165) is 18.9 Å². The fraction of sp³-hybridized carbons (Fsp3) is 0.571. The number of pyridine rings is 1. The van der Waals surface area contributed by atoms with Crippen molar-refractivity contribution in [2.24, 2.45) is 0 Å². The first-order chi connectivity index (χ1) is 10.0. The molecule has 0 aliphatic carbocycles. The summed E-state index contributed by atoms with van der Waals surface area (Å²) in [6, 6.07) is 2.75. The highest BCUT2D eigenvalue weighted by atomic mass is 19.3. The van der Waals surface area contributed by atoms with Crippen molar-refractivity contribution in [2.75, 3.05) is 29.9 Å². The monoisotopic (exact) mass is 296 g/mol. The Labute approximate surface area is 121 Å². The number of aromatic nitrogens is 1. The number of hydrogen-bond acceptors (Lipinski definition) is 4. The Balaban J connectivity index is 1.59. The van der Waals surface area contributed by atoms with E-state index in [1.807, 2.05) is 6.07 Å². The third kappa shape index (κ3) is 3.29. The quantitative estimate of drug-likeness (QED) is 0.890. The molecule has 2 aliphatic rings. The molecule has 7 heteroatoms. The SMILES string of the molecule is O=C(Nc1ccc(N2CCCC2)nc1)C1CC(F)(F)CN1. The Bertz CT molecular complexity index is 514. The lowest BCUT2D eigenvalue weighted by Crippen LogP contribution is -2.35. The van der Waals surface area contributed by atoms with Crippen molar-refractivity contribution in [2.45, 2.75) is 31.2 Å². The summed E-state index contributed by atoms with van der Waals surface area (Å²) >= 11 is 0. The molecule has 1 atom stereocenters. The number of carbonyl (C=O) groups is 1. The molecule has 3 heterocycles. The zero-order chi connectivity index (χ0) is 14.9. The molecule has 21 heavy (non-hydrogen) atoms. The van der Waals surface area contributed by atoms with E-state index in [9.17, 15) is 13.6 Å². The van der Waals surface area contributed by atoms with E-state index in [2.05, 4.69) is 20.5 Å². The van der Waals surface area contributed by atoms with Gasteiger partial charge >= 0.3 is 0 Å². The molecular formula is C14H18F2N4O. The lowest BCUT2D eigenvalue weighted by Gasteiger charge is -2.16. The number of carbonyl (C=O) groups excluding carboxylic acids is 1. The normalized spacial score (nSPS) is 24.3. The number of rotatable bonds is 3. The van der Waals surface area contributed by atoms with Crippen LogP contribution in [0.15, 0.2) is 18.3 Å². The summed E-state index contributed by atoms with van der Waals surface area (Å²) < 4.78 is 26.1. The zero-order valence-electron chi connectivity index (χ0n) is 11.6. The van der Waals surface area contributed by atoms with Gasteiger partial charge in [0.15, 0.2) is 0 Å². The summed E-state index contributed by atoms with van der Waals surface area (Å²) in [5.41, 5.74) is 0.528. The molecule has 0 aromatic carbocycles. The molecule has 1 aromatic rings. The standard InChI is InChI=1S/C14H18F2N4O/c15-14(16)7-11(18-9-14)13(21)19-10-3-4-12(17-8-10)20-5-1-2-6-20/h3-4,8,11,18H,1-2,5-7,9H2,(H,19,21). The molecule has 3 rings (SSSR count). The maximum absolute atomic E-state index is 13.1. The van der Waals surface area contributed by atoms with Crippen LogP contribution in [0.2, 0.25) is 0 Å². The van der Waals surface area contributed by atoms with Crippen molar-refractivity contribution < 1.29 is 13.6 Å². The third-order valence-corrected chi connectivity index (χ3v) is 3.87. The highest BCUT2D eigenvalue weighted by Crippen LogP contribution is 2.26. The van der Waals surface area contributed by atoms with Gasteiger partial charge in [0.2, 0.25) is 5.91 Å². The van der Waals surface area contributed by atoms with Gasteiger partial charge in [-0.1, -0.05) is 0 Å². The van der Waals surface area contributed by atoms with E-state index < -0.39 is 30.8 Å². The first kappa shape index (κ1) is 14.2. The fourth-order valence-corrected chi connectivity index (χ4v) is 2.72. The Morgan fingerprint density at radius 2 is 2.14 bits per heavy atom. The minimum absolute atomic E-state index is 0.442.